The fourth-order valence-electron chi connectivity index (χ4n) is 2.86. The molecule has 2 N–H and O–H groups in total. The van der Waals surface area contributed by atoms with Gasteiger partial charge < -0.3 is 15.5 Å². The van der Waals surface area contributed by atoms with Gasteiger partial charge in [0.2, 0.25) is 11.8 Å². The third-order valence-electron chi connectivity index (χ3n) is 4.35. The number of hydrogen-bond acceptors (Lipinski definition) is 3. The van der Waals surface area contributed by atoms with E-state index in [9.17, 15) is 9.59 Å². The second kappa shape index (κ2) is 7.38. The molecule has 0 saturated carbocycles. The van der Waals surface area contributed by atoms with Crippen molar-refractivity contribution in [1.82, 2.24) is 0 Å². The number of nitrogens with zero attached hydrogens (tertiary/aromatic N) is 1. The molecular weight excluding hydrogens is 314 g/mol. The molecule has 1 saturated heterocycles. The standard InChI is InChI=1S/C20H23N3O2/c1-14-5-7-17(8-6-14)22-20(25)15(2)21-16-9-11-18(12-10-16)23-13-3-4-19(23)24/h5-12,15,21H,3-4,13H2,1-2H3,(H,22,25). The molecule has 0 aromatic heterocycles. The Kier molecular flexibility index (Phi) is 5.03. The topological polar surface area (TPSA) is 61.4 Å². The average Bonchev–Trinajstić information content (AvgIpc) is 3.03. The maximum atomic E-state index is 12.3. The van der Waals surface area contributed by atoms with Gasteiger partial charge in [-0.15, -0.1) is 0 Å². The summed E-state index contributed by atoms with van der Waals surface area (Å²) >= 11 is 0. The Morgan fingerprint density at radius 1 is 1.04 bits per heavy atom. The first-order valence-electron chi connectivity index (χ1n) is 8.57. The van der Waals surface area contributed by atoms with Crippen LogP contribution in [0.4, 0.5) is 17.1 Å². The largest absolute Gasteiger partial charge is 0.374 e. The molecule has 0 spiro atoms. The molecule has 0 aliphatic carbocycles. The third kappa shape index (κ3) is 4.18. The molecule has 1 heterocycles. The maximum Gasteiger partial charge on any atom is 0.246 e. The maximum absolute atomic E-state index is 12.3. The van der Waals surface area contributed by atoms with Crippen molar-refractivity contribution >= 4 is 28.9 Å². The molecule has 1 atom stereocenters. The predicted octanol–water partition coefficient (Wildman–Crippen LogP) is 3.56. The summed E-state index contributed by atoms with van der Waals surface area (Å²) in [5.41, 5.74) is 3.69. The van der Waals surface area contributed by atoms with Gasteiger partial charge >= 0.3 is 0 Å². The molecular formula is C20H23N3O2. The van der Waals surface area contributed by atoms with Gasteiger partial charge in [-0.1, -0.05) is 17.7 Å². The van der Waals surface area contributed by atoms with Gasteiger partial charge in [0.05, 0.1) is 0 Å². The first-order valence-corrected chi connectivity index (χ1v) is 8.57. The van der Waals surface area contributed by atoms with E-state index in [1.807, 2.05) is 62.4 Å². The molecule has 2 aromatic carbocycles. The summed E-state index contributed by atoms with van der Waals surface area (Å²) in [7, 11) is 0. The Balaban J connectivity index is 1.58. The van der Waals surface area contributed by atoms with Crippen LogP contribution in [-0.2, 0) is 9.59 Å². The van der Waals surface area contributed by atoms with E-state index in [2.05, 4.69) is 10.6 Å². The van der Waals surface area contributed by atoms with Gasteiger partial charge in [0.15, 0.2) is 0 Å². The summed E-state index contributed by atoms with van der Waals surface area (Å²) in [6, 6.07) is 15.0. The van der Waals surface area contributed by atoms with Crippen molar-refractivity contribution in [2.75, 3.05) is 22.1 Å². The van der Waals surface area contributed by atoms with Gasteiger partial charge in [-0.25, -0.2) is 0 Å². The van der Waals surface area contributed by atoms with Gasteiger partial charge in [-0.05, 0) is 56.7 Å². The van der Waals surface area contributed by atoms with Crippen LogP contribution in [0.15, 0.2) is 48.5 Å². The Labute approximate surface area is 148 Å². The highest BCUT2D eigenvalue weighted by atomic mass is 16.2. The van der Waals surface area contributed by atoms with Crippen LogP contribution in [0, 0.1) is 6.92 Å². The van der Waals surface area contributed by atoms with Crippen LogP contribution in [0.1, 0.15) is 25.3 Å². The lowest BCUT2D eigenvalue weighted by molar-refractivity contribution is -0.117. The SMILES string of the molecule is Cc1ccc(NC(=O)C(C)Nc2ccc(N3CCCC3=O)cc2)cc1. The van der Waals surface area contributed by atoms with E-state index in [1.165, 1.54) is 0 Å². The minimum Gasteiger partial charge on any atom is -0.374 e. The van der Waals surface area contributed by atoms with Crippen LogP contribution < -0.4 is 15.5 Å². The molecule has 1 aliphatic heterocycles. The number of anilines is 3. The molecule has 0 bridgehead atoms. The number of amides is 2. The molecule has 0 radical (unpaired) electrons. The average molecular weight is 337 g/mol. The minimum absolute atomic E-state index is 0.0948. The summed E-state index contributed by atoms with van der Waals surface area (Å²) in [5.74, 6) is 0.0780. The Hall–Kier alpha value is -2.82. The van der Waals surface area contributed by atoms with Crippen molar-refractivity contribution in [3.63, 3.8) is 0 Å². The second-order valence-electron chi connectivity index (χ2n) is 6.42. The molecule has 2 amide bonds. The van der Waals surface area contributed by atoms with Crippen LogP contribution in [0.5, 0.6) is 0 Å². The lowest BCUT2D eigenvalue weighted by Crippen LogP contribution is -2.31. The molecule has 2 aromatic rings. The van der Waals surface area contributed by atoms with Gasteiger partial charge in [-0.2, -0.15) is 0 Å². The molecule has 1 fully saturated rings. The van der Waals surface area contributed by atoms with Gasteiger partial charge in [0.25, 0.3) is 0 Å². The molecule has 130 valence electrons. The number of aryl methyl sites for hydroxylation is 1. The lowest BCUT2D eigenvalue weighted by atomic mass is 10.2. The van der Waals surface area contributed by atoms with Crippen LogP contribution >= 0.6 is 0 Å². The molecule has 1 unspecified atom stereocenters. The van der Waals surface area contributed by atoms with E-state index in [4.69, 9.17) is 0 Å². The Morgan fingerprint density at radius 3 is 2.28 bits per heavy atom. The fraction of sp³-hybridized carbons (Fsp3) is 0.300. The van der Waals surface area contributed by atoms with E-state index in [1.54, 1.807) is 4.90 Å². The van der Waals surface area contributed by atoms with E-state index < -0.39 is 0 Å². The van der Waals surface area contributed by atoms with Crippen molar-refractivity contribution in [3.8, 4) is 0 Å². The van der Waals surface area contributed by atoms with Crippen molar-refractivity contribution in [3.05, 3.63) is 54.1 Å². The summed E-state index contributed by atoms with van der Waals surface area (Å²) in [6.07, 6.45) is 1.53. The lowest BCUT2D eigenvalue weighted by Gasteiger charge is -2.18. The number of hydrogen-bond donors (Lipinski definition) is 2. The third-order valence-corrected chi connectivity index (χ3v) is 4.35. The zero-order valence-corrected chi connectivity index (χ0v) is 14.6. The zero-order valence-electron chi connectivity index (χ0n) is 14.6. The van der Waals surface area contributed by atoms with Crippen LogP contribution in [0.3, 0.4) is 0 Å². The Bertz CT molecular complexity index is 754. The highest BCUT2D eigenvalue weighted by Gasteiger charge is 2.21. The van der Waals surface area contributed by atoms with Crippen LogP contribution in [0.2, 0.25) is 0 Å². The smallest absolute Gasteiger partial charge is 0.246 e. The second-order valence-corrected chi connectivity index (χ2v) is 6.42. The van der Waals surface area contributed by atoms with E-state index in [-0.39, 0.29) is 17.9 Å². The highest BCUT2D eigenvalue weighted by molar-refractivity contribution is 5.97. The monoisotopic (exact) mass is 337 g/mol. The zero-order chi connectivity index (χ0) is 17.8. The molecule has 3 rings (SSSR count). The quantitative estimate of drug-likeness (QED) is 0.877. The molecule has 5 nitrogen and oxygen atoms in total. The van der Waals surface area contributed by atoms with E-state index >= 15 is 0 Å². The van der Waals surface area contributed by atoms with E-state index in [0.29, 0.717) is 6.42 Å². The number of nitrogens with one attached hydrogen (secondary N) is 2. The van der Waals surface area contributed by atoms with Crippen molar-refractivity contribution in [2.24, 2.45) is 0 Å². The predicted molar refractivity (Wildman–Crippen MR) is 101 cm³/mol. The number of carbonyl (C=O) groups is 2. The number of rotatable bonds is 5. The summed E-state index contributed by atoms with van der Waals surface area (Å²) < 4.78 is 0. The van der Waals surface area contributed by atoms with Crippen molar-refractivity contribution in [2.45, 2.75) is 32.7 Å². The summed E-state index contributed by atoms with van der Waals surface area (Å²) in [5, 5.41) is 6.08. The van der Waals surface area contributed by atoms with Gasteiger partial charge in [0.1, 0.15) is 6.04 Å². The van der Waals surface area contributed by atoms with Gasteiger partial charge in [-0.3, -0.25) is 9.59 Å². The Morgan fingerprint density at radius 2 is 1.68 bits per heavy atom. The minimum atomic E-state index is -0.374. The molecule has 25 heavy (non-hydrogen) atoms. The normalized spacial score (nSPS) is 15.1. The summed E-state index contributed by atoms with van der Waals surface area (Å²) in [4.78, 5) is 25.9. The summed E-state index contributed by atoms with van der Waals surface area (Å²) in [6.45, 7) is 4.61. The van der Waals surface area contributed by atoms with E-state index in [0.717, 1.165) is 35.6 Å². The molecule has 5 heteroatoms. The number of carbonyl (C=O) groups excluding carboxylic acids is 2. The van der Waals surface area contributed by atoms with Crippen molar-refractivity contribution in [1.29, 1.82) is 0 Å². The highest BCUT2D eigenvalue weighted by Crippen LogP contribution is 2.23. The first-order chi connectivity index (χ1) is 12.0. The molecule has 1 aliphatic rings. The van der Waals surface area contributed by atoms with Crippen LogP contribution in [0.25, 0.3) is 0 Å². The van der Waals surface area contributed by atoms with Crippen LogP contribution in [-0.4, -0.2) is 24.4 Å². The fourth-order valence-corrected chi connectivity index (χ4v) is 2.86. The van der Waals surface area contributed by atoms with Crippen molar-refractivity contribution < 1.29 is 9.59 Å². The van der Waals surface area contributed by atoms with Gasteiger partial charge in [0, 0.05) is 30.0 Å². The first kappa shape index (κ1) is 17.0. The number of benzene rings is 2.